The first kappa shape index (κ1) is 14.5. The molecule has 0 bridgehead atoms. The summed E-state index contributed by atoms with van der Waals surface area (Å²) in [7, 11) is 0. The molecule has 1 fully saturated rings. The number of aryl methyl sites for hydroxylation is 1. The highest BCUT2D eigenvalue weighted by atomic mass is 16.5. The molecule has 1 aliphatic rings. The van der Waals surface area contributed by atoms with Gasteiger partial charge in [-0.15, -0.1) is 0 Å². The van der Waals surface area contributed by atoms with E-state index in [9.17, 15) is 0 Å². The van der Waals surface area contributed by atoms with Crippen LogP contribution in [0.25, 0.3) is 0 Å². The van der Waals surface area contributed by atoms with E-state index in [4.69, 9.17) is 10.5 Å². The molecule has 1 unspecified atom stereocenters. The van der Waals surface area contributed by atoms with E-state index < -0.39 is 0 Å². The molecule has 3 heteroatoms. The fraction of sp³-hybridized carbons (Fsp3) is 0.625. The largest absolute Gasteiger partial charge is 0.379 e. The van der Waals surface area contributed by atoms with Crippen LogP contribution in [0.15, 0.2) is 24.3 Å². The first-order valence-corrected chi connectivity index (χ1v) is 7.14. The third-order valence-electron chi connectivity index (χ3n) is 4.27. The predicted molar refractivity (Wildman–Crippen MR) is 79.3 cm³/mol. The second-order valence-electron chi connectivity index (χ2n) is 6.05. The van der Waals surface area contributed by atoms with E-state index in [1.807, 2.05) is 0 Å². The summed E-state index contributed by atoms with van der Waals surface area (Å²) in [6, 6.07) is 8.77. The summed E-state index contributed by atoms with van der Waals surface area (Å²) in [5.74, 6) is 0. The highest BCUT2D eigenvalue weighted by molar-refractivity contribution is 5.23. The van der Waals surface area contributed by atoms with Crippen molar-refractivity contribution in [1.82, 2.24) is 4.90 Å². The second kappa shape index (κ2) is 6.04. The van der Waals surface area contributed by atoms with Crippen LogP contribution < -0.4 is 5.73 Å². The number of hydrogen-bond acceptors (Lipinski definition) is 3. The third-order valence-corrected chi connectivity index (χ3v) is 4.27. The normalized spacial score (nSPS) is 19.4. The SMILES string of the molecule is Cc1cccc(CC(N)C(C)(C)N2CCOCC2)c1. The van der Waals surface area contributed by atoms with Crippen molar-refractivity contribution in [3.63, 3.8) is 0 Å². The Balaban J connectivity index is 2.03. The first-order valence-electron chi connectivity index (χ1n) is 7.14. The average molecular weight is 262 g/mol. The van der Waals surface area contributed by atoms with E-state index in [0.29, 0.717) is 0 Å². The Morgan fingerprint density at radius 1 is 1.32 bits per heavy atom. The van der Waals surface area contributed by atoms with Crippen LogP contribution in [0.5, 0.6) is 0 Å². The van der Waals surface area contributed by atoms with Crippen LogP contribution in [0, 0.1) is 6.92 Å². The van der Waals surface area contributed by atoms with Crippen LogP contribution >= 0.6 is 0 Å². The zero-order valence-electron chi connectivity index (χ0n) is 12.4. The smallest absolute Gasteiger partial charge is 0.0594 e. The Morgan fingerprint density at radius 2 is 2.00 bits per heavy atom. The molecule has 1 aromatic rings. The highest BCUT2D eigenvalue weighted by Gasteiger charge is 2.33. The van der Waals surface area contributed by atoms with E-state index in [1.54, 1.807) is 0 Å². The van der Waals surface area contributed by atoms with E-state index in [-0.39, 0.29) is 11.6 Å². The Hall–Kier alpha value is -0.900. The summed E-state index contributed by atoms with van der Waals surface area (Å²) < 4.78 is 5.43. The van der Waals surface area contributed by atoms with Gasteiger partial charge in [-0.25, -0.2) is 0 Å². The average Bonchev–Trinajstić information content (AvgIpc) is 2.39. The molecular weight excluding hydrogens is 236 g/mol. The lowest BCUT2D eigenvalue weighted by Gasteiger charge is -2.44. The van der Waals surface area contributed by atoms with Gasteiger partial charge in [-0.1, -0.05) is 29.8 Å². The van der Waals surface area contributed by atoms with Crippen LogP contribution in [-0.2, 0) is 11.2 Å². The molecule has 1 saturated heterocycles. The quantitative estimate of drug-likeness (QED) is 0.901. The lowest BCUT2D eigenvalue weighted by molar-refractivity contribution is -0.0186. The second-order valence-corrected chi connectivity index (χ2v) is 6.05. The third kappa shape index (κ3) is 3.56. The molecule has 106 valence electrons. The number of hydrogen-bond donors (Lipinski definition) is 1. The molecule has 1 aromatic carbocycles. The van der Waals surface area contributed by atoms with Crippen LogP contribution in [0.2, 0.25) is 0 Å². The molecular formula is C16H26N2O. The van der Waals surface area contributed by atoms with Crippen molar-refractivity contribution in [2.24, 2.45) is 5.73 Å². The molecule has 0 spiro atoms. The highest BCUT2D eigenvalue weighted by Crippen LogP contribution is 2.22. The summed E-state index contributed by atoms with van der Waals surface area (Å²) in [5.41, 5.74) is 9.12. The minimum Gasteiger partial charge on any atom is -0.379 e. The van der Waals surface area contributed by atoms with Crippen LogP contribution in [0.1, 0.15) is 25.0 Å². The minimum absolute atomic E-state index is 0.00747. The standard InChI is InChI=1S/C16H26N2O/c1-13-5-4-6-14(11-13)12-15(17)16(2,3)18-7-9-19-10-8-18/h4-6,11,15H,7-10,12,17H2,1-3H3. The van der Waals surface area contributed by atoms with E-state index in [1.165, 1.54) is 11.1 Å². The van der Waals surface area contributed by atoms with E-state index >= 15 is 0 Å². The van der Waals surface area contributed by atoms with Gasteiger partial charge < -0.3 is 10.5 Å². The van der Waals surface area contributed by atoms with E-state index in [2.05, 4.69) is 49.9 Å². The van der Waals surface area contributed by atoms with Gasteiger partial charge in [0.05, 0.1) is 13.2 Å². The van der Waals surface area contributed by atoms with E-state index in [0.717, 1.165) is 32.7 Å². The lowest BCUT2D eigenvalue weighted by atomic mass is 9.87. The molecule has 2 N–H and O–H groups in total. The number of ether oxygens (including phenoxy) is 1. The van der Waals surface area contributed by atoms with Crippen LogP contribution in [0.4, 0.5) is 0 Å². The monoisotopic (exact) mass is 262 g/mol. The van der Waals surface area contributed by atoms with Gasteiger partial charge in [0.15, 0.2) is 0 Å². The summed E-state index contributed by atoms with van der Waals surface area (Å²) in [6.45, 7) is 10.2. The molecule has 19 heavy (non-hydrogen) atoms. The molecule has 0 aliphatic carbocycles. The summed E-state index contributed by atoms with van der Waals surface area (Å²) in [5, 5.41) is 0. The van der Waals surface area contributed by atoms with Crippen molar-refractivity contribution in [1.29, 1.82) is 0 Å². The van der Waals surface area contributed by atoms with Crippen molar-refractivity contribution in [3.05, 3.63) is 35.4 Å². The molecule has 0 saturated carbocycles. The molecule has 1 atom stereocenters. The van der Waals surface area contributed by atoms with Crippen molar-refractivity contribution in [2.45, 2.75) is 38.8 Å². The number of nitrogens with zero attached hydrogens (tertiary/aromatic N) is 1. The Morgan fingerprint density at radius 3 is 2.63 bits per heavy atom. The molecule has 0 aromatic heterocycles. The topological polar surface area (TPSA) is 38.5 Å². The minimum atomic E-state index is 0.00747. The number of nitrogens with two attached hydrogens (primary N) is 1. The van der Waals surface area contributed by atoms with Crippen LogP contribution in [0.3, 0.4) is 0 Å². The molecule has 2 rings (SSSR count). The van der Waals surface area contributed by atoms with Crippen molar-refractivity contribution in [2.75, 3.05) is 26.3 Å². The Labute approximate surface area is 116 Å². The maximum atomic E-state index is 6.48. The fourth-order valence-electron chi connectivity index (χ4n) is 2.72. The van der Waals surface area contributed by atoms with Gasteiger partial charge >= 0.3 is 0 Å². The van der Waals surface area contributed by atoms with Gasteiger partial charge in [-0.3, -0.25) is 4.90 Å². The zero-order valence-corrected chi connectivity index (χ0v) is 12.4. The summed E-state index contributed by atoms with van der Waals surface area (Å²) in [4.78, 5) is 2.46. The van der Waals surface area contributed by atoms with Gasteiger partial charge in [0.2, 0.25) is 0 Å². The lowest BCUT2D eigenvalue weighted by Crippen LogP contribution is -2.59. The molecule has 3 nitrogen and oxygen atoms in total. The molecule has 1 heterocycles. The van der Waals surface area contributed by atoms with Gasteiger partial charge in [-0.2, -0.15) is 0 Å². The molecule has 0 radical (unpaired) electrons. The van der Waals surface area contributed by atoms with Gasteiger partial charge in [0.1, 0.15) is 0 Å². The Kier molecular flexibility index (Phi) is 4.61. The van der Waals surface area contributed by atoms with Gasteiger partial charge in [0, 0.05) is 24.7 Å². The molecule has 0 amide bonds. The van der Waals surface area contributed by atoms with Gasteiger partial charge in [-0.05, 0) is 32.8 Å². The van der Waals surface area contributed by atoms with Crippen molar-refractivity contribution in [3.8, 4) is 0 Å². The fourth-order valence-corrected chi connectivity index (χ4v) is 2.72. The van der Waals surface area contributed by atoms with Crippen molar-refractivity contribution < 1.29 is 4.74 Å². The number of rotatable bonds is 4. The Bertz CT molecular complexity index is 411. The van der Waals surface area contributed by atoms with Crippen LogP contribution in [-0.4, -0.2) is 42.8 Å². The predicted octanol–water partition coefficient (Wildman–Crippen LogP) is 1.98. The molecule has 1 aliphatic heterocycles. The maximum Gasteiger partial charge on any atom is 0.0594 e. The summed E-state index contributed by atoms with van der Waals surface area (Å²) >= 11 is 0. The van der Waals surface area contributed by atoms with Gasteiger partial charge in [0.25, 0.3) is 0 Å². The number of benzene rings is 1. The first-order chi connectivity index (χ1) is 9.00. The van der Waals surface area contributed by atoms with Crippen molar-refractivity contribution >= 4 is 0 Å². The summed E-state index contributed by atoms with van der Waals surface area (Å²) in [6.07, 6.45) is 0.923. The zero-order chi connectivity index (χ0) is 13.9. The number of morpholine rings is 1. The maximum absolute atomic E-state index is 6.48.